The van der Waals surface area contributed by atoms with Crippen LogP contribution in [0.25, 0.3) is 0 Å². The maximum Gasteiger partial charge on any atom is 0.234 e. The van der Waals surface area contributed by atoms with E-state index in [0.717, 1.165) is 13.2 Å². The quantitative estimate of drug-likeness (QED) is 0.559. The lowest BCUT2D eigenvalue weighted by molar-refractivity contribution is -0.120. The Morgan fingerprint density at radius 3 is 2.69 bits per heavy atom. The van der Waals surface area contributed by atoms with Crippen molar-refractivity contribution in [3.63, 3.8) is 0 Å². The highest BCUT2D eigenvalue weighted by Gasteiger charge is 2.00. The van der Waals surface area contributed by atoms with E-state index >= 15 is 0 Å². The molecule has 0 radical (unpaired) electrons. The number of carbonyl (C=O) groups excluding carboxylic acids is 1. The minimum absolute atomic E-state index is 0.0338. The molecule has 0 fully saturated rings. The molecule has 0 aromatic carbocycles. The molecule has 13 heavy (non-hydrogen) atoms. The van der Waals surface area contributed by atoms with Crippen molar-refractivity contribution >= 4 is 5.91 Å². The number of hydrogen-bond donors (Lipinski definition) is 2. The van der Waals surface area contributed by atoms with Gasteiger partial charge in [-0.3, -0.25) is 4.79 Å². The predicted octanol–water partition coefficient (Wildman–Crippen LogP) is 0.137. The molecule has 0 saturated carbocycles. The van der Waals surface area contributed by atoms with E-state index in [-0.39, 0.29) is 11.9 Å². The summed E-state index contributed by atoms with van der Waals surface area (Å²) in [6.45, 7) is 8.30. The Balaban J connectivity index is 3.17. The molecule has 0 bridgehead atoms. The highest BCUT2D eigenvalue weighted by atomic mass is 16.5. The van der Waals surface area contributed by atoms with Crippen LogP contribution in [0, 0.1) is 0 Å². The van der Waals surface area contributed by atoms with Gasteiger partial charge in [0.15, 0.2) is 0 Å². The minimum atomic E-state index is 0.0338. The molecule has 0 aliphatic rings. The van der Waals surface area contributed by atoms with Gasteiger partial charge in [-0.15, -0.1) is 0 Å². The molecule has 0 rings (SSSR count). The first kappa shape index (κ1) is 12.4. The van der Waals surface area contributed by atoms with Crippen LogP contribution in [-0.2, 0) is 9.53 Å². The highest BCUT2D eigenvalue weighted by Crippen LogP contribution is 1.76. The van der Waals surface area contributed by atoms with Crippen molar-refractivity contribution in [2.75, 3.05) is 26.3 Å². The van der Waals surface area contributed by atoms with Crippen LogP contribution in [0.2, 0.25) is 0 Å². The third-order valence-corrected chi connectivity index (χ3v) is 1.36. The number of rotatable bonds is 7. The number of amides is 1. The average molecular weight is 188 g/mol. The monoisotopic (exact) mass is 188 g/mol. The first-order valence-corrected chi connectivity index (χ1v) is 4.74. The third-order valence-electron chi connectivity index (χ3n) is 1.36. The molecule has 1 amide bonds. The van der Waals surface area contributed by atoms with E-state index in [0.29, 0.717) is 13.2 Å². The summed E-state index contributed by atoms with van der Waals surface area (Å²) in [5, 5.41) is 5.78. The summed E-state index contributed by atoms with van der Waals surface area (Å²) < 4.78 is 5.10. The van der Waals surface area contributed by atoms with Crippen molar-refractivity contribution in [3.05, 3.63) is 0 Å². The third kappa shape index (κ3) is 9.30. The first-order valence-electron chi connectivity index (χ1n) is 4.74. The van der Waals surface area contributed by atoms with E-state index in [2.05, 4.69) is 10.6 Å². The average Bonchev–Trinajstić information content (AvgIpc) is 2.02. The molecule has 0 heterocycles. The number of nitrogens with one attached hydrogen (secondary N) is 2. The second kappa shape index (κ2) is 8.01. The Labute approximate surface area is 80.0 Å². The fourth-order valence-electron chi connectivity index (χ4n) is 0.864. The number of carbonyl (C=O) groups is 1. The molecule has 2 N–H and O–H groups in total. The van der Waals surface area contributed by atoms with Gasteiger partial charge in [0.1, 0.15) is 0 Å². The van der Waals surface area contributed by atoms with Gasteiger partial charge in [0.25, 0.3) is 0 Å². The molecule has 0 spiro atoms. The predicted molar refractivity (Wildman–Crippen MR) is 52.6 cm³/mol. The van der Waals surface area contributed by atoms with Crippen molar-refractivity contribution in [3.8, 4) is 0 Å². The van der Waals surface area contributed by atoms with Gasteiger partial charge in [-0.2, -0.15) is 0 Å². The summed E-state index contributed by atoms with van der Waals surface area (Å²) in [5.74, 6) is 0.0338. The number of hydrogen-bond acceptors (Lipinski definition) is 3. The maximum absolute atomic E-state index is 11.1. The highest BCUT2D eigenvalue weighted by molar-refractivity contribution is 5.78. The number of ether oxygens (including phenoxy) is 1. The van der Waals surface area contributed by atoms with Gasteiger partial charge < -0.3 is 15.4 Å². The molecular formula is C9H20N2O2. The van der Waals surface area contributed by atoms with Crippen LogP contribution in [0.3, 0.4) is 0 Å². The van der Waals surface area contributed by atoms with Crippen LogP contribution < -0.4 is 10.6 Å². The van der Waals surface area contributed by atoms with E-state index < -0.39 is 0 Å². The van der Waals surface area contributed by atoms with Crippen molar-refractivity contribution < 1.29 is 9.53 Å². The molecule has 78 valence electrons. The molecule has 4 heteroatoms. The van der Waals surface area contributed by atoms with Crippen molar-refractivity contribution in [2.24, 2.45) is 0 Å². The van der Waals surface area contributed by atoms with E-state index in [1.165, 1.54) is 0 Å². The first-order chi connectivity index (χ1) is 6.16. The van der Waals surface area contributed by atoms with Gasteiger partial charge in [-0.1, -0.05) is 0 Å². The van der Waals surface area contributed by atoms with Crippen molar-refractivity contribution in [2.45, 2.75) is 26.8 Å². The Hall–Kier alpha value is -0.610. The Morgan fingerprint density at radius 2 is 2.15 bits per heavy atom. The zero-order valence-electron chi connectivity index (χ0n) is 8.72. The molecular weight excluding hydrogens is 168 g/mol. The van der Waals surface area contributed by atoms with E-state index in [1.807, 2.05) is 20.8 Å². The lowest BCUT2D eigenvalue weighted by Crippen LogP contribution is -2.38. The molecule has 0 unspecified atom stereocenters. The largest absolute Gasteiger partial charge is 0.380 e. The van der Waals surface area contributed by atoms with Crippen LogP contribution in [-0.4, -0.2) is 38.3 Å². The molecule has 0 atom stereocenters. The zero-order valence-corrected chi connectivity index (χ0v) is 8.72. The summed E-state index contributed by atoms with van der Waals surface area (Å²) in [4.78, 5) is 11.1. The van der Waals surface area contributed by atoms with Gasteiger partial charge in [-0.25, -0.2) is 0 Å². The summed E-state index contributed by atoms with van der Waals surface area (Å²) in [6.07, 6.45) is 0. The fraction of sp³-hybridized carbons (Fsp3) is 0.889. The van der Waals surface area contributed by atoms with Gasteiger partial charge in [0, 0.05) is 19.2 Å². The molecule has 0 saturated heterocycles. The molecule has 0 aliphatic carbocycles. The van der Waals surface area contributed by atoms with E-state index in [4.69, 9.17) is 4.74 Å². The van der Waals surface area contributed by atoms with Crippen LogP contribution >= 0.6 is 0 Å². The van der Waals surface area contributed by atoms with Gasteiger partial charge in [0.2, 0.25) is 5.91 Å². The lowest BCUT2D eigenvalue weighted by atomic mass is 10.4. The van der Waals surface area contributed by atoms with Crippen molar-refractivity contribution in [1.29, 1.82) is 0 Å². The molecule has 4 nitrogen and oxygen atoms in total. The van der Waals surface area contributed by atoms with Gasteiger partial charge in [0.05, 0.1) is 13.2 Å². The van der Waals surface area contributed by atoms with Crippen molar-refractivity contribution in [1.82, 2.24) is 10.6 Å². The normalized spacial score (nSPS) is 10.5. The zero-order chi connectivity index (χ0) is 10.1. The second-order valence-corrected chi connectivity index (χ2v) is 3.10. The summed E-state index contributed by atoms with van der Waals surface area (Å²) in [6, 6.07) is 0.209. The van der Waals surface area contributed by atoms with Crippen LogP contribution in [0.1, 0.15) is 20.8 Å². The van der Waals surface area contributed by atoms with E-state index in [1.54, 1.807) is 0 Å². The Kier molecular flexibility index (Phi) is 7.63. The molecule has 0 aromatic rings. The second-order valence-electron chi connectivity index (χ2n) is 3.10. The Bertz CT molecular complexity index is 138. The molecule has 0 aromatic heterocycles. The standard InChI is InChI=1S/C9H20N2O2/c1-4-13-6-5-10-7-9(12)11-8(2)3/h8,10H,4-7H2,1-3H3,(H,11,12). The van der Waals surface area contributed by atoms with Crippen LogP contribution in [0.15, 0.2) is 0 Å². The SMILES string of the molecule is CCOCCNCC(=O)NC(C)C. The summed E-state index contributed by atoms with van der Waals surface area (Å²) in [5.41, 5.74) is 0. The fourth-order valence-corrected chi connectivity index (χ4v) is 0.864. The van der Waals surface area contributed by atoms with Gasteiger partial charge in [-0.05, 0) is 20.8 Å². The topological polar surface area (TPSA) is 50.4 Å². The van der Waals surface area contributed by atoms with E-state index in [9.17, 15) is 4.79 Å². The van der Waals surface area contributed by atoms with Crippen LogP contribution in [0.5, 0.6) is 0 Å². The minimum Gasteiger partial charge on any atom is -0.380 e. The maximum atomic E-state index is 11.1. The lowest BCUT2D eigenvalue weighted by Gasteiger charge is -2.08. The van der Waals surface area contributed by atoms with Gasteiger partial charge >= 0.3 is 0 Å². The Morgan fingerprint density at radius 1 is 1.46 bits per heavy atom. The summed E-state index contributed by atoms with van der Waals surface area (Å²) >= 11 is 0. The summed E-state index contributed by atoms with van der Waals surface area (Å²) in [7, 11) is 0. The van der Waals surface area contributed by atoms with Crippen LogP contribution in [0.4, 0.5) is 0 Å². The molecule has 0 aliphatic heterocycles. The smallest absolute Gasteiger partial charge is 0.234 e.